The average molecular weight is 1290 g/mol. The zero-order valence-electron chi connectivity index (χ0n) is 51.5. The van der Waals surface area contributed by atoms with E-state index in [0.29, 0.717) is 56.4 Å². The number of carboxylic acid groups (broad SMARTS) is 1. The number of nitrogens with one attached hydrogen (secondary N) is 10. The number of fused-ring (bicyclic) bond motifs is 1. The molecule has 90 heavy (non-hydrogen) atoms. The van der Waals surface area contributed by atoms with Gasteiger partial charge in [0.05, 0.1) is 12.5 Å². The van der Waals surface area contributed by atoms with Crippen LogP contribution < -0.4 is 99.5 Å². The second-order valence-corrected chi connectivity index (χ2v) is 22.4. The van der Waals surface area contributed by atoms with Gasteiger partial charge in [-0.3, -0.25) is 57.9 Å². The van der Waals surface area contributed by atoms with Crippen molar-refractivity contribution in [2.75, 3.05) is 51.8 Å². The van der Waals surface area contributed by atoms with Crippen molar-refractivity contribution in [3.05, 3.63) is 36.0 Å². The summed E-state index contributed by atoms with van der Waals surface area (Å²) in [6.07, 6.45) is 4.81. The van der Waals surface area contributed by atoms with Crippen LogP contribution in [0.2, 0.25) is 0 Å². The Morgan fingerprint density at radius 2 is 0.856 bits per heavy atom. The number of nitrogens with two attached hydrogens (primary N) is 9. The number of amides is 10. The van der Waals surface area contributed by atoms with Gasteiger partial charge in [-0.2, -0.15) is 11.8 Å². The predicted octanol–water partition coefficient (Wildman–Crippen LogP) is -5.35. The second-order valence-electron chi connectivity index (χ2n) is 21.4. The third-order valence-electron chi connectivity index (χ3n) is 14.2. The number of nitrogens with zero attached hydrogens (tertiary/aromatic N) is 2. The first-order valence-electron chi connectivity index (χ1n) is 30.0. The molecule has 1 aromatic carbocycles. The molecule has 33 nitrogen and oxygen atoms in total. The summed E-state index contributed by atoms with van der Waals surface area (Å²) in [6, 6.07) is -5.06. The minimum atomic E-state index is -1.63. The van der Waals surface area contributed by atoms with Crippen LogP contribution in [0.25, 0.3) is 10.9 Å². The van der Waals surface area contributed by atoms with Gasteiger partial charge in [-0.15, -0.1) is 0 Å². The zero-order chi connectivity index (χ0) is 67.1. The highest BCUT2D eigenvalue weighted by molar-refractivity contribution is 7.98. The number of aromatic nitrogens is 1. The van der Waals surface area contributed by atoms with Gasteiger partial charge < -0.3 is 110 Å². The summed E-state index contributed by atoms with van der Waals surface area (Å²) in [7, 11) is 1.42. The molecule has 0 aliphatic heterocycles. The number of carbonyl (C=O) groups excluding carboxylic acids is 10. The minimum Gasteiger partial charge on any atom is -0.480 e. The summed E-state index contributed by atoms with van der Waals surface area (Å²) in [5.41, 5.74) is 51.5. The molecule has 0 spiro atoms. The van der Waals surface area contributed by atoms with E-state index in [4.69, 9.17) is 51.6 Å². The highest BCUT2D eigenvalue weighted by Gasteiger charge is 2.36. The van der Waals surface area contributed by atoms with Gasteiger partial charge in [-0.1, -0.05) is 18.2 Å². The maximum Gasteiger partial charge on any atom is 0.326 e. The SMILES string of the molecule is CNC(CCC(N)=O)C(=O)NC(CC(N)=O)C(=O)NC(CCCN=C(N)N)C(=O)NC(CCCN=C(N)N)C(=O)NC(CCSC)C(=O)NC(CCCCN)C(=O)NC(Cc1c[nH]c2ccccc12)C(=O)NC(CCCCN)C(=O)NC(CCCCN)C(=O)O. The number of para-hydroxylation sites is 1. The zero-order valence-corrected chi connectivity index (χ0v) is 52.3. The summed E-state index contributed by atoms with van der Waals surface area (Å²) < 4.78 is 0. The van der Waals surface area contributed by atoms with E-state index in [9.17, 15) is 57.8 Å². The van der Waals surface area contributed by atoms with Gasteiger partial charge in [0.2, 0.25) is 59.1 Å². The molecule has 1 heterocycles. The van der Waals surface area contributed by atoms with E-state index < -0.39 is 126 Å². The number of thioether (sulfide) groups is 1. The molecular formula is C56H97N21O12S. The first-order chi connectivity index (χ1) is 42.9. The number of hydrogen-bond donors (Lipinski definition) is 20. The van der Waals surface area contributed by atoms with E-state index in [1.807, 2.05) is 18.2 Å². The summed E-state index contributed by atoms with van der Waals surface area (Å²) in [5, 5.41) is 34.6. The Hall–Kier alpha value is -8.34. The molecule has 9 atom stereocenters. The highest BCUT2D eigenvalue weighted by Crippen LogP contribution is 2.20. The molecule has 34 heteroatoms. The van der Waals surface area contributed by atoms with Crippen LogP contribution in [0.3, 0.4) is 0 Å². The predicted molar refractivity (Wildman–Crippen MR) is 342 cm³/mol. The number of hydrogen-bond acceptors (Lipinski definition) is 18. The topological polar surface area (TPSA) is 591 Å². The number of aliphatic carboxylic acids is 1. The third kappa shape index (κ3) is 30.2. The molecule has 0 aliphatic rings. The van der Waals surface area contributed by atoms with E-state index >= 15 is 0 Å². The van der Waals surface area contributed by atoms with Crippen LogP contribution in [0.1, 0.15) is 115 Å². The molecule has 2 rings (SSSR count). The molecule has 0 bridgehead atoms. The molecule has 0 saturated carbocycles. The van der Waals surface area contributed by atoms with Crippen molar-refractivity contribution in [3.8, 4) is 0 Å². The molecule has 0 aliphatic carbocycles. The van der Waals surface area contributed by atoms with Crippen molar-refractivity contribution in [3.63, 3.8) is 0 Å². The van der Waals surface area contributed by atoms with Crippen LogP contribution in [0.5, 0.6) is 0 Å². The first kappa shape index (κ1) is 77.8. The molecule has 1 aromatic heterocycles. The van der Waals surface area contributed by atoms with Crippen molar-refractivity contribution in [1.29, 1.82) is 0 Å². The quantitative estimate of drug-likeness (QED) is 0.0167. The lowest BCUT2D eigenvalue weighted by atomic mass is 10.0. The minimum absolute atomic E-state index is 0.000637. The monoisotopic (exact) mass is 1290 g/mol. The van der Waals surface area contributed by atoms with Crippen LogP contribution in [0.4, 0.5) is 0 Å². The Morgan fingerprint density at radius 3 is 1.27 bits per heavy atom. The standard InChI is InChI=1S/C56H97N21O12S/c1-66-35(20-21-44(60)78)46(80)77-43(30-45(61)79)53(87)73-39(19-12-27-68-56(64)65)47(81)71-38(18-11-26-67-55(62)63)48(82)74-40(22-28-90-2)51(85)70-37(16-6-9-24-58)50(84)76-42(29-32-31-69-34-14-4-3-13-33(32)34)52(86)72-36(15-5-8-23-57)49(83)75-41(54(88)89)17-7-10-25-59/h3-4,13-14,31,35-43,66,69H,5-12,15-30,57-59H2,1-2H3,(H2,60,78)(H2,61,79)(H,70,85)(H,71,81)(H,72,86)(H,73,87)(H,74,82)(H,75,83)(H,76,84)(H,77,80)(H,88,89)(H4,62,63,67)(H4,64,65,68). The van der Waals surface area contributed by atoms with Gasteiger partial charge in [-0.25, -0.2) is 4.79 Å². The van der Waals surface area contributed by atoms with E-state index in [0.717, 1.165) is 10.9 Å². The van der Waals surface area contributed by atoms with Crippen molar-refractivity contribution in [2.24, 2.45) is 61.6 Å². The van der Waals surface area contributed by atoms with E-state index in [1.165, 1.54) is 18.8 Å². The number of guanidine groups is 2. The summed E-state index contributed by atoms with van der Waals surface area (Å²) in [6.45, 7) is 0.779. The maximum atomic E-state index is 14.8. The van der Waals surface area contributed by atoms with Crippen LogP contribution in [0.15, 0.2) is 40.4 Å². The highest BCUT2D eigenvalue weighted by atomic mass is 32.2. The van der Waals surface area contributed by atoms with Crippen LogP contribution in [-0.2, 0) is 59.2 Å². The van der Waals surface area contributed by atoms with Gasteiger partial charge in [0, 0.05) is 43.0 Å². The van der Waals surface area contributed by atoms with E-state index in [-0.39, 0.29) is 109 Å². The number of H-pyrrole nitrogens is 1. The smallest absolute Gasteiger partial charge is 0.326 e. The Balaban J connectivity index is 2.63. The first-order valence-corrected chi connectivity index (χ1v) is 31.4. The van der Waals surface area contributed by atoms with Crippen molar-refractivity contribution in [1.82, 2.24) is 52.8 Å². The number of likely N-dealkylation sites (N-methyl/N-ethyl adjacent to an activating group) is 1. The Labute approximate surface area is 527 Å². The number of primary amides is 2. The van der Waals surface area contributed by atoms with Crippen molar-refractivity contribution >= 4 is 99.6 Å². The average Bonchev–Trinajstić information content (AvgIpc) is 1.71. The van der Waals surface area contributed by atoms with Gasteiger partial charge >= 0.3 is 5.97 Å². The lowest BCUT2D eigenvalue weighted by Crippen LogP contribution is -2.60. The van der Waals surface area contributed by atoms with E-state index in [1.54, 1.807) is 18.5 Å². The Morgan fingerprint density at radius 1 is 0.478 bits per heavy atom. The molecule has 0 fully saturated rings. The number of rotatable bonds is 48. The number of aliphatic imine (C=N–C) groups is 2. The lowest BCUT2D eigenvalue weighted by molar-refractivity contribution is -0.142. The van der Waals surface area contributed by atoms with Gasteiger partial charge in [0.1, 0.15) is 48.3 Å². The fraction of sp³-hybridized carbons (Fsp3) is 0.625. The molecule has 29 N–H and O–H groups in total. The van der Waals surface area contributed by atoms with Crippen molar-refractivity contribution in [2.45, 2.75) is 170 Å². The Bertz CT molecular complexity index is 2710. The van der Waals surface area contributed by atoms with Gasteiger partial charge in [-0.05, 0) is 147 Å². The lowest BCUT2D eigenvalue weighted by Gasteiger charge is -2.28. The molecular weight excluding hydrogens is 1190 g/mol. The number of unbranched alkanes of at least 4 members (excludes halogenated alkanes) is 3. The molecule has 10 amide bonds. The van der Waals surface area contributed by atoms with Crippen LogP contribution in [-0.4, -0.2) is 193 Å². The fourth-order valence-corrected chi connectivity index (χ4v) is 9.81. The molecule has 0 radical (unpaired) electrons. The molecule has 2 aromatic rings. The number of benzene rings is 1. The van der Waals surface area contributed by atoms with Crippen LogP contribution >= 0.6 is 11.8 Å². The third-order valence-corrected chi connectivity index (χ3v) is 14.9. The van der Waals surface area contributed by atoms with Crippen LogP contribution in [0, 0.1) is 0 Å². The largest absolute Gasteiger partial charge is 0.480 e. The summed E-state index contributed by atoms with van der Waals surface area (Å²) in [5.74, 6) is -10.1. The second kappa shape index (κ2) is 43.4. The van der Waals surface area contributed by atoms with E-state index in [2.05, 4.69) is 62.8 Å². The van der Waals surface area contributed by atoms with Crippen molar-refractivity contribution < 1.29 is 57.8 Å². The number of carbonyl (C=O) groups is 11. The van der Waals surface area contributed by atoms with Gasteiger partial charge in [0.25, 0.3) is 0 Å². The number of aromatic amines is 1. The molecule has 504 valence electrons. The summed E-state index contributed by atoms with van der Waals surface area (Å²) in [4.78, 5) is 161. The molecule has 9 unspecified atom stereocenters. The Kier molecular flexibility index (Phi) is 37.5. The summed E-state index contributed by atoms with van der Waals surface area (Å²) >= 11 is 1.34. The number of carboxylic acids is 1. The van der Waals surface area contributed by atoms with Gasteiger partial charge in [0.15, 0.2) is 11.9 Å². The normalized spacial score (nSPS) is 14.1. The maximum absolute atomic E-state index is 14.8. The fourth-order valence-electron chi connectivity index (χ4n) is 9.33. The molecule has 0 saturated heterocycles.